The first kappa shape index (κ1) is 39.2. The molecule has 5 amide bonds. The molecule has 0 bridgehead atoms. The van der Waals surface area contributed by atoms with Crippen LogP contribution in [0.1, 0.15) is 52.2 Å². The van der Waals surface area contributed by atoms with Crippen molar-refractivity contribution >= 4 is 35.7 Å². The van der Waals surface area contributed by atoms with Crippen LogP contribution in [0.4, 0.5) is 9.18 Å². The molecule has 0 aromatic heterocycles. The van der Waals surface area contributed by atoms with E-state index in [1.165, 1.54) is 31.4 Å². The van der Waals surface area contributed by atoms with Crippen molar-refractivity contribution in [3.05, 3.63) is 71.5 Å². The van der Waals surface area contributed by atoms with E-state index in [2.05, 4.69) is 26.6 Å². The second-order valence-corrected chi connectivity index (χ2v) is 12.5. The first-order chi connectivity index (χ1) is 22.6. The number of carbonyl (C=O) groups is 6. The van der Waals surface area contributed by atoms with E-state index in [1.807, 2.05) is 13.8 Å². The highest BCUT2D eigenvalue weighted by atomic mass is 19.1. The van der Waals surface area contributed by atoms with Crippen LogP contribution in [0.3, 0.4) is 0 Å². The van der Waals surface area contributed by atoms with E-state index in [9.17, 15) is 33.2 Å². The molecule has 0 saturated heterocycles. The molecule has 2 aromatic carbocycles. The van der Waals surface area contributed by atoms with Gasteiger partial charge in [-0.05, 0) is 56.4 Å². The molecule has 48 heavy (non-hydrogen) atoms. The van der Waals surface area contributed by atoms with Gasteiger partial charge in [-0.3, -0.25) is 19.2 Å². The quantitative estimate of drug-likeness (QED) is 0.168. The minimum Gasteiger partial charge on any atom is -0.467 e. The predicted molar refractivity (Wildman–Crippen MR) is 175 cm³/mol. The summed E-state index contributed by atoms with van der Waals surface area (Å²) in [6, 6.07) is 11.1. The number of ether oxygens (including phenoxy) is 2. The van der Waals surface area contributed by atoms with Crippen molar-refractivity contribution in [2.45, 2.75) is 77.6 Å². The smallest absolute Gasteiger partial charge is 0.408 e. The van der Waals surface area contributed by atoms with Crippen molar-refractivity contribution in [2.75, 3.05) is 20.2 Å². The summed E-state index contributed by atoms with van der Waals surface area (Å²) in [6.07, 6.45) is -0.446. The Kier molecular flexibility index (Phi) is 15.5. The van der Waals surface area contributed by atoms with E-state index < -0.39 is 78.3 Å². The monoisotopic (exact) mass is 671 g/mol. The summed E-state index contributed by atoms with van der Waals surface area (Å²) in [7, 11) is 1.22. The van der Waals surface area contributed by atoms with E-state index in [-0.39, 0.29) is 18.8 Å². The molecule has 0 spiro atoms. The number of esters is 1. The van der Waals surface area contributed by atoms with Gasteiger partial charge in [0.15, 0.2) is 0 Å². The maximum atomic E-state index is 13.4. The third-order valence-electron chi connectivity index (χ3n) is 6.67. The summed E-state index contributed by atoms with van der Waals surface area (Å²) in [5.41, 5.74) is 0.461. The topological polar surface area (TPSA) is 181 Å². The number of hydrogen-bond acceptors (Lipinski definition) is 8. The van der Waals surface area contributed by atoms with Crippen LogP contribution >= 0.6 is 0 Å². The van der Waals surface area contributed by atoms with Gasteiger partial charge in [-0.2, -0.15) is 0 Å². The molecule has 2 rings (SSSR count). The van der Waals surface area contributed by atoms with Crippen molar-refractivity contribution < 1.29 is 42.6 Å². The van der Waals surface area contributed by atoms with Crippen LogP contribution in [0.5, 0.6) is 0 Å². The summed E-state index contributed by atoms with van der Waals surface area (Å²) in [5, 5.41) is 12.5. The fraction of sp³-hybridized carbons (Fsp3) is 0.471. The van der Waals surface area contributed by atoms with E-state index in [0.29, 0.717) is 12.0 Å². The Bertz CT molecular complexity index is 1400. The largest absolute Gasteiger partial charge is 0.467 e. The Hall–Kier alpha value is -5.01. The Labute approximate surface area is 280 Å². The summed E-state index contributed by atoms with van der Waals surface area (Å²) in [4.78, 5) is 76.3. The fourth-order valence-electron chi connectivity index (χ4n) is 4.45. The van der Waals surface area contributed by atoms with Crippen LogP contribution in [-0.4, -0.2) is 79.6 Å². The zero-order chi connectivity index (χ0) is 35.9. The number of hydrogen-bond donors (Lipinski definition) is 5. The fourth-order valence-corrected chi connectivity index (χ4v) is 4.45. The van der Waals surface area contributed by atoms with Crippen molar-refractivity contribution in [1.82, 2.24) is 26.6 Å². The maximum Gasteiger partial charge on any atom is 0.408 e. The van der Waals surface area contributed by atoms with Crippen LogP contribution < -0.4 is 26.6 Å². The molecule has 0 radical (unpaired) electrons. The van der Waals surface area contributed by atoms with Gasteiger partial charge >= 0.3 is 12.1 Å². The first-order valence-electron chi connectivity index (χ1n) is 15.6. The molecular weight excluding hydrogens is 625 g/mol. The van der Waals surface area contributed by atoms with Gasteiger partial charge in [-0.15, -0.1) is 0 Å². The molecule has 0 saturated carbocycles. The minimum absolute atomic E-state index is 0.0196. The summed E-state index contributed by atoms with van der Waals surface area (Å²) in [5.74, 6) is -3.74. The molecule has 0 heterocycles. The van der Waals surface area contributed by atoms with E-state index in [4.69, 9.17) is 9.47 Å². The Balaban J connectivity index is 2.01. The molecular formula is C34H46FN5O8. The highest BCUT2D eigenvalue weighted by Crippen LogP contribution is 2.11. The van der Waals surface area contributed by atoms with Crippen molar-refractivity contribution in [3.8, 4) is 0 Å². The summed E-state index contributed by atoms with van der Waals surface area (Å²) < 4.78 is 23.4. The van der Waals surface area contributed by atoms with Gasteiger partial charge in [0.25, 0.3) is 0 Å². The number of alkyl carbamates (subject to hydrolysis) is 1. The zero-order valence-electron chi connectivity index (χ0n) is 28.2. The molecule has 13 nitrogen and oxygen atoms in total. The van der Waals surface area contributed by atoms with Crippen LogP contribution in [0.25, 0.3) is 0 Å². The van der Waals surface area contributed by atoms with Gasteiger partial charge in [0.05, 0.1) is 20.2 Å². The number of halogens is 1. The van der Waals surface area contributed by atoms with Gasteiger partial charge in [-0.1, -0.05) is 56.3 Å². The third kappa shape index (κ3) is 15.1. The lowest BCUT2D eigenvalue weighted by Gasteiger charge is -2.24. The number of amides is 5. The number of benzene rings is 2. The minimum atomic E-state index is -1.16. The summed E-state index contributed by atoms with van der Waals surface area (Å²) in [6.45, 7) is 7.69. The molecule has 3 atom stereocenters. The Morgan fingerprint density at radius 3 is 1.83 bits per heavy atom. The zero-order valence-corrected chi connectivity index (χ0v) is 28.2. The van der Waals surface area contributed by atoms with Gasteiger partial charge < -0.3 is 36.1 Å². The third-order valence-corrected chi connectivity index (χ3v) is 6.67. The lowest BCUT2D eigenvalue weighted by atomic mass is 10.0. The van der Waals surface area contributed by atoms with E-state index in [0.717, 1.165) is 5.56 Å². The lowest BCUT2D eigenvalue weighted by molar-refractivity contribution is -0.145. The van der Waals surface area contributed by atoms with Crippen molar-refractivity contribution in [2.24, 2.45) is 5.92 Å². The second kappa shape index (κ2) is 19.0. The van der Waals surface area contributed by atoms with Crippen LogP contribution in [0, 0.1) is 11.7 Å². The Morgan fingerprint density at radius 1 is 0.708 bits per heavy atom. The molecule has 5 N–H and O–H groups in total. The molecule has 0 aliphatic carbocycles. The average Bonchev–Trinajstić information content (AvgIpc) is 3.01. The molecule has 14 heteroatoms. The molecule has 3 unspecified atom stereocenters. The van der Waals surface area contributed by atoms with Gasteiger partial charge in [0.1, 0.15) is 29.5 Å². The maximum absolute atomic E-state index is 13.4. The lowest BCUT2D eigenvalue weighted by Crippen LogP contribution is -2.54. The van der Waals surface area contributed by atoms with E-state index >= 15 is 0 Å². The van der Waals surface area contributed by atoms with Gasteiger partial charge in [-0.25, -0.2) is 14.0 Å². The predicted octanol–water partition coefficient (Wildman–Crippen LogP) is 1.93. The Morgan fingerprint density at radius 2 is 1.27 bits per heavy atom. The van der Waals surface area contributed by atoms with Gasteiger partial charge in [0, 0.05) is 12.8 Å². The first-order valence-corrected chi connectivity index (χ1v) is 15.6. The standard InChI is InChI=1S/C34H46FN5O8/c1-21(2)16-27(32(45)47-6)39-31(44)26(17-22-10-8-7-9-11-22)38-29(42)20-36-28(41)19-37-30(43)25(40-33(46)48-34(3,4)5)18-23-12-14-24(35)15-13-23/h7-15,21,25-27H,16-20H2,1-6H3,(H,36,41)(H,37,43)(H,38,42)(H,39,44)(H,40,46). The number of methoxy groups -OCH3 is 1. The van der Waals surface area contributed by atoms with Gasteiger partial charge in [0.2, 0.25) is 23.6 Å². The van der Waals surface area contributed by atoms with Crippen molar-refractivity contribution in [1.29, 1.82) is 0 Å². The molecule has 0 aliphatic rings. The average molecular weight is 672 g/mol. The highest BCUT2D eigenvalue weighted by Gasteiger charge is 2.29. The summed E-state index contributed by atoms with van der Waals surface area (Å²) >= 11 is 0. The molecule has 0 aliphatic heterocycles. The number of carbonyl (C=O) groups excluding carboxylic acids is 6. The van der Waals surface area contributed by atoms with Crippen LogP contribution in [0.15, 0.2) is 54.6 Å². The normalized spacial score (nSPS) is 12.9. The number of nitrogens with one attached hydrogen (secondary N) is 5. The van der Waals surface area contributed by atoms with Crippen LogP contribution in [-0.2, 0) is 46.3 Å². The SMILES string of the molecule is COC(=O)C(CC(C)C)NC(=O)C(Cc1ccccc1)NC(=O)CNC(=O)CNC(=O)C(Cc1ccc(F)cc1)NC(=O)OC(C)(C)C. The molecule has 2 aromatic rings. The second-order valence-electron chi connectivity index (χ2n) is 12.5. The van der Waals surface area contributed by atoms with Crippen molar-refractivity contribution in [3.63, 3.8) is 0 Å². The van der Waals surface area contributed by atoms with E-state index in [1.54, 1.807) is 51.1 Å². The van der Waals surface area contributed by atoms with Crippen LogP contribution in [0.2, 0.25) is 0 Å². The highest BCUT2D eigenvalue weighted by molar-refractivity contribution is 5.93. The number of rotatable bonds is 16. The molecule has 0 fully saturated rings. The molecule has 262 valence electrons.